The van der Waals surface area contributed by atoms with Crippen LogP contribution in [0.25, 0.3) is 0 Å². The highest BCUT2D eigenvalue weighted by Crippen LogP contribution is 2.16. The molecule has 0 bridgehead atoms. The molecule has 2 aromatic rings. The van der Waals surface area contributed by atoms with E-state index in [9.17, 15) is 9.59 Å². The summed E-state index contributed by atoms with van der Waals surface area (Å²) in [5.41, 5.74) is 1.90. The minimum Gasteiger partial charge on any atom is -0.490 e. The molecule has 0 aliphatic carbocycles. The summed E-state index contributed by atoms with van der Waals surface area (Å²) in [5.74, 6) is 0.352. The first-order chi connectivity index (χ1) is 14.1. The summed E-state index contributed by atoms with van der Waals surface area (Å²) in [7, 11) is 1.63. The fourth-order valence-electron chi connectivity index (χ4n) is 2.47. The van der Waals surface area contributed by atoms with Gasteiger partial charge in [0.1, 0.15) is 12.4 Å². The highest BCUT2D eigenvalue weighted by atomic mass is 16.5. The Morgan fingerprint density at radius 3 is 2.62 bits per heavy atom. The van der Waals surface area contributed by atoms with Crippen LogP contribution in [-0.2, 0) is 9.53 Å². The zero-order valence-corrected chi connectivity index (χ0v) is 16.6. The molecule has 0 unspecified atom stereocenters. The van der Waals surface area contributed by atoms with Crippen molar-refractivity contribution in [2.45, 2.75) is 6.42 Å². The molecule has 154 valence electrons. The predicted molar refractivity (Wildman–Crippen MR) is 115 cm³/mol. The Morgan fingerprint density at radius 2 is 1.90 bits per heavy atom. The van der Waals surface area contributed by atoms with Crippen LogP contribution in [0.2, 0.25) is 0 Å². The van der Waals surface area contributed by atoms with Crippen molar-refractivity contribution in [3.63, 3.8) is 0 Å². The van der Waals surface area contributed by atoms with Gasteiger partial charge in [0, 0.05) is 37.2 Å². The minimum absolute atomic E-state index is 0.0770. The largest absolute Gasteiger partial charge is 0.490 e. The number of ether oxygens (including phenoxy) is 2. The van der Waals surface area contributed by atoms with E-state index < -0.39 is 0 Å². The van der Waals surface area contributed by atoms with Gasteiger partial charge < -0.3 is 25.4 Å². The Kier molecular flexibility index (Phi) is 9.24. The number of anilines is 2. The average Bonchev–Trinajstić information content (AvgIpc) is 2.75. The Hall–Kier alpha value is -3.32. The molecule has 7 nitrogen and oxygen atoms in total. The van der Waals surface area contributed by atoms with Gasteiger partial charge in [-0.05, 0) is 48.9 Å². The van der Waals surface area contributed by atoms with Crippen molar-refractivity contribution < 1.29 is 19.1 Å². The maximum atomic E-state index is 12.2. The first-order valence-electron chi connectivity index (χ1n) is 9.37. The molecular formula is C22H27N3O4. The van der Waals surface area contributed by atoms with Crippen LogP contribution < -0.4 is 20.7 Å². The van der Waals surface area contributed by atoms with Crippen molar-refractivity contribution in [2.24, 2.45) is 0 Å². The van der Waals surface area contributed by atoms with E-state index in [1.54, 1.807) is 61.7 Å². The van der Waals surface area contributed by atoms with E-state index in [1.165, 1.54) is 0 Å². The fourth-order valence-corrected chi connectivity index (χ4v) is 2.47. The Balaban J connectivity index is 1.80. The quantitative estimate of drug-likeness (QED) is 0.378. The van der Waals surface area contributed by atoms with E-state index in [0.29, 0.717) is 42.4 Å². The standard InChI is InChI=1S/C22H27N3O4/c1-3-13-29-20-10-8-18(9-11-20)25-21(26)16-24-19-7-4-6-17(15-19)22(27)23-12-5-14-28-2/h3-4,6-11,15,24H,1,5,12-14,16H2,2H3,(H,23,27)(H,25,26). The highest BCUT2D eigenvalue weighted by Gasteiger charge is 2.07. The molecule has 2 amide bonds. The number of nitrogens with one attached hydrogen (secondary N) is 3. The van der Waals surface area contributed by atoms with Crippen molar-refractivity contribution in [3.8, 4) is 5.75 Å². The van der Waals surface area contributed by atoms with Crippen molar-refractivity contribution in [1.29, 1.82) is 0 Å². The molecule has 0 radical (unpaired) electrons. The van der Waals surface area contributed by atoms with Crippen LogP contribution in [0.3, 0.4) is 0 Å². The average molecular weight is 397 g/mol. The van der Waals surface area contributed by atoms with Gasteiger partial charge in [0.05, 0.1) is 6.54 Å². The van der Waals surface area contributed by atoms with E-state index in [2.05, 4.69) is 22.5 Å². The number of rotatable bonds is 12. The number of amides is 2. The fraction of sp³-hybridized carbons (Fsp3) is 0.273. The molecule has 0 aliphatic heterocycles. The second-order valence-electron chi connectivity index (χ2n) is 6.21. The van der Waals surface area contributed by atoms with E-state index in [4.69, 9.17) is 9.47 Å². The molecule has 0 aliphatic rings. The molecule has 0 saturated heterocycles. The molecule has 2 rings (SSSR count). The second kappa shape index (κ2) is 12.2. The van der Waals surface area contributed by atoms with E-state index >= 15 is 0 Å². The lowest BCUT2D eigenvalue weighted by Crippen LogP contribution is -2.25. The molecule has 0 atom stereocenters. The third-order valence-electron chi connectivity index (χ3n) is 3.89. The number of methoxy groups -OCH3 is 1. The van der Waals surface area contributed by atoms with Crippen molar-refractivity contribution in [2.75, 3.05) is 44.0 Å². The van der Waals surface area contributed by atoms with Gasteiger partial charge in [0.25, 0.3) is 5.91 Å². The van der Waals surface area contributed by atoms with Gasteiger partial charge in [0.15, 0.2) is 0 Å². The number of carbonyl (C=O) groups excluding carboxylic acids is 2. The number of benzene rings is 2. The van der Waals surface area contributed by atoms with Gasteiger partial charge in [-0.2, -0.15) is 0 Å². The van der Waals surface area contributed by atoms with Crippen LogP contribution in [0.1, 0.15) is 16.8 Å². The summed E-state index contributed by atoms with van der Waals surface area (Å²) in [6, 6.07) is 14.1. The molecule has 2 aromatic carbocycles. The topological polar surface area (TPSA) is 88.7 Å². The molecule has 29 heavy (non-hydrogen) atoms. The van der Waals surface area contributed by atoms with Crippen LogP contribution in [-0.4, -0.2) is 45.2 Å². The van der Waals surface area contributed by atoms with Gasteiger partial charge in [-0.1, -0.05) is 18.7 Å². The predicted octanol–water partition coefficient (Wildman–Crippen LogP) is 3.07. The third kappa shape index (κ3) is 8.06. The SMILES string of the molecule is C=CCOc1ccc(NC(=O)CNc2cccc(C(=O)NCCCOC)c2)cc1. The Labute approximate surface area is 171 Å². The number of carbonyl (C=O) groups is 2. The van der Waals surface area contributed by atoms with Gasteiger partial charge >= 0.3 is 0 Å². The summed E-state index contributed by atoms with van der Waals surface area (Å²) in [6.45, 7) is 5.25. The number of hydrogen-bond donors (Lipinski definition) is 3. The van der Waals surface area contributed by atoms with Gasteiger partial charge in [0.2, 0.25) is 5.91 Å². The first kappa shape index (κ1) is 22.0. The van der Waals surface area contributed by atoms with Gasteiger partial charge in [-0.15, -0.1) is 0 Å². The van der Waals surface area contributed by atoms with E-state index in [1.807, 2.05) is 0 Å². The Morgan fingerprint density at radius 1 is 1.10 bits per heavy atom. The highest BCUT2D eigenvalue weighted by molar-refractivity contribution is 5.96. The van der Waals surface area contributed by atoms with E-state index in [-0.39, 0.29) is 18.4 Å². The van der Waals surface area contributed by atoms with Crippen molar-refractivity contribution in [1.82, 2.24) is 5.32 Å². The molecule has 0 fully saturated rings. The summed E-state index contributed by atoms with van der Waals surface area (Å²) in [5, 5.41) is 8.67. The summed E-state index contributed by atoms with van der Waals surface area (Å²) in [6.07, 6.45) is 2.42. The number of hydrogen-bond acceptors (Lipinski definition) is 5. The van der Waals surface area contributed by atoms with Gasteiger partial charge in [-0.3, -0.25) is 9.59 Å². The maximum Gasteiger partial charge on any atom is 0.251 e. The summed E-state index contributed by atoms with van der Waals surface area (Å²) in [4.78, 5) is 24.3. The van der Waals surface area contributed by atoms with Crippen molar-refractivity contribution >= 4 is 23.2 Å². The van der Waals surface area contributed by atoms with Crippen LogP contribution >= 0.6 is 0 Å². The normalized spacial score (nSPS) is 10.1. The second-order valence-corrected chi connectivity index (χ2v) is 6.21. The molecular weight excluding hydrogens is 370 g/mol. The zero-order chi connectivity index (χ0) is 20.9. The zero-order valence-electron chi connectivity index (χ0n) is 16.6. The lowest BCUT2D eigenvalue weighted by molar-refractivity contribution is -0.114. The maximum absolute atomic E-state index is 12.2. The van der Waals surface area contributed by atoms with Crippen LogP contribution in [0.15, 0.2) is 61.2 Å². The lowest BCUT2D eigenvalue weighted by atomic mass is 10.2. The monoisotopic (exact) mass is 397 g/mol. The molecule has 0 heterocycles. The summed E-state index contributed by atoms with van der Waals surface area (Å²) < 4.78 is 10.4. The van der Waals surface area contributed by atoms with Crippen LogP contribution in [0.5, 0.6) is 5.75 Å². The van der Waals surface area contributed by atoms with Crippen LogP contribution in [0, 0.1) is 0 Å². The third-order valence-corrected chi connectivity index (χ3v) is 3.89. The molecule has 3 N–H and O–H groups in total. The first-order valence-corrected chi connectivity index (χ1v) is 9.37. The van der Waals surface area contributed by atoms with Crippen molar-refractivity contribution in [3.05, 3.63) is 66.7 Å². The smallest absolute Gasteiger partial charge is 0.251 e. The minimum atomic E-state index is -0.195. The molecule has 0 aromatic heterocycles. The van der Waals surface area contributed by atoms with E-state index in [0.717, 1.165) is 6.42 Å². The molecule has 0 spiro atoms. The lowest BCUT2D eigenvalue weighted by Gasteiger charge is -2.10. The Bertz CT molecular complexity index is 806. The molecule has 7 heteroatoms. The molecule has 0 saturated carbocycles. The van der Waals surface area contributed by atoms with Gasteiger partial charge in [-0.25, -0.2) is 0 Å². The van der Waals surface area contributed by atoms with Crippen LogP contribution in [0.4, 0.5) is 11.4 Å². The summed E-state index contributed by atoms with van der Waals surface area (Å²) >= 11 is 0.